The van der Waals surface area contributed by atoms with Gasteiger partial charge < -0.3 is 25.6 Å². The standard InChI is InChI=1S/C25H20N6OS2.C7H16O2/c1-15-6-8-16(9-7-15)22-20(11-26)23(28)31-24(21(22)12-27)33-13-18-14-34-25(30-18)29-17-4-3-5-19(10-17)32-2;1-4-5-6-9-7(2,3)8/h3-10,14H,13H2,1-2H3,(H2,28,31)(H,29,30);8H,4-6H2,1-3H3. The molecule has 4 aromatic rings. The second-order valence-electron chi connectivity index (χ2n) is 9.96. The van der Waals surface area contributed by atoms with Crippen LogP contribution in [0, 0.1) is 29.6 Å². The molecule has 0 atom stereocenters. The highest BCUT2D eigenvalue weighted by molar-refractivity contribution is 7.98. The number of aryl methyl sites for hydroxylation is 1. The molecular formula is C32H36N6O3S2. The summed E-state index contributed by atoms with van der Waals surface area (Å²) in [5.41, 5.74) is 10.7. The van der Waals surface area contributed by atoms with Crippen molar-refractivity contribution in [3.05, 3.63) is 76.3 Å². The lowest BCUT2D eigenvalue weighted by atomic mass is 9.96. The van der Waals surface area contributed by atoms with Gasteiger partial charge in [0.15, 0.2) is 10.9 Å². The normalized spacial score (nSPS) is 10.7. The second kappa shape index (κ2) is 15.9. The zero-order chi connectivity index (χ0) is 31.4. The molecule has 9 nitrogen and oxygen atoms in total. The van der Waals surface area contributed by atoms with Crippen molar-refractivity contribution in [1.29, 1.82) is 10.5 Å². The molecule has 0 aliphatic carbocycles. The van der Waals surface area contributed by atoms with E-state index in [1.165, 1.54) is 23.1 Å². The molecule has 0 amide bonds. The maximum atomic E-state index is 9.95. The van der Waals surface area contributed by atoms with Gasteiger partial charge in [-0.05, 0) is 44.9 Å². The molecule has 2 aromatic carbocycles. The van der Waals surface area contributed by atoms with Crippen LogP contribution in [0.2, 0.25) is 0 Å². The summed E-state index contributed by atoms with van der Waals surface area (Å²) < 4.78 is 10.3. The van der Waals surface area contributed by atoms with Gasteiger partial charge in [0.05, 0.1) is 18.4 Å². The Labute approximate surface area is 261 Å². The molecule has 0 saturated heterocycles. The Morgan fingerprint density at radius 1 is 1.09 bits per heavy atom. The lowest BCUT2D eigenvalue weighted by Crippen LogP contribution is -2.23. The molecule has 0 aliphatic rings. The van der Waals surface area contributed by atoms with Crippen molar-refractivity contribution in [3.8, 4) is 29.0 Å². The fourth-order valence-electron chi connectivity index (χ4n) is 3.78. The molecule has 0 radical (unpaired) electrons. The smallest absolute Gasteiger partial charge is 0.187 e. The molecule has 2 aromatic heterocycles. The summed E-state index contributed by atoms with van der Waals surface area (Å²) in [4.78, 5) is 9.00. The number of hydrogen-bond acceptors (Lipinski definition) is 11. The van der Waals surface area contributed by atoms with Gasteiger partial charge in [0.25, 0.3) is 0 Å². The molecule has 0 unspecified atom stereocenters. The number of ether oxygens (including phenoxy) is 2. The molecule has 11 heteroatoms. The number of unbranched alkanes of at least 4 members (excludes halogenated alkanes) is 1. The van der Waals surface area contributed by atoms with Gasteiger partial charge in [-0.25, -0.2) is 9.97 Å². The predicted molar refractivity (Wildman–Crippen MR) is 173 cm³/mol. The first-order valence-corrected chi connectivity index (χ1v) is 15.5. The van der Waals surface area contributed by atoms with E-state index in [1.54, 1.807) is 21.0 Å². The maximum Gasteiger partial charge on any atom is 0.187 e. The number of rotatable bonds is 11. The molecule has 4 rings (SSSR count). The van der Waals surface area contributed by atoms with Crippen LogP contribution < -0.4 is 15.8 Å². The highest BCUT2D eigenvalue weighted by atomic mass is 32.2. The van der Waals surface area contributed by atoms with Crippen molar-refractivity contribution in [1.82, 2.24) is 9.97 Å². The first-order chi connectivity index (χ1) is 20.6. The number of nitrogens with two attached hydrogens (primary N) is 1. The number of nitrogen functional groups attached to an aromatic ring is 1. The Morgan fingerprint density at radius 3 is 2.44 bits per heavy atom. The minimum Gasteiger partial charge on any atom is -0.497 e. The van der Waals surface area contributed by atoms with Gasteiger partial charge in [0.1, 0.15) is 34.3 Å². The Bertz CT molecular complexity index is 1580. The van der Waals surface area contributed by atoms with Crippen LogP contribution in [-0.4, -0.2) is 34.6 Å². The van der Waals surface area contributed by atoms with Crippen LogP contribution in [0.3, 0.4) is 0 Å². The van der Waals surface area contributed by atoms with Gasteiger partial charge in [-0.15, -0.1) is 11.3 Å². The van der Waals surface area contributed by atoms with Gasteiger partial charge >= 0.3 is 0 Å². The molecule has 0 saturated carbocycles. The number of hydrogen-bond donors (Lipinski definition) is 3. The summed E-state index contributed by atoms with van der Waals surface area (Å²) in [6.07, 6.45) is 2.13. The zero-order valence-corrected chi connectivity index (χ0v) is 26.6. The van der Waals surface area contributed by atoms with Gasteiger partial charge in [0, 0.05) is 35.1 Å². The largest absolute Gasteiger partial charge is 0.497 e. The summed E-state index contributed by atoms with van der Waals surface area (Å²) in [5.74, 6) is 0.416. The lowest BCUT2D eigenvalue weighted by molar-refractivity contribution is -0.176. The van der Waals surface area contributed by atoms with Crippen molar-refractivity contribution in [3.63, 3.8) is 0 Å². The van der Waals surface area contributed by atoms with Crippen molar-refractivity contribution in [2.45, 2.75) is 57.1 Å². The van der Waals surface area contributed by atoms with Gasteiger partial charge in [-0.2, -0.15) is 10.5 Å². The molecule has 2 heterocycles. The number of aromatic nitrogens is 2. The van der Waals surface area contributed by atoms with E-state index in [0.717, 1.165) is 46.2 Å². The van der Waals surface area contributed by atoms with E-state index in [4.69, 9.17) is 20.3 Å². The van der Waals surface area contributed by atoms with E-state index in [0.29, 0.717) is 28.5 Å². The number of methoxy groups -OCH3 is 1. The van der Waals surface area contributed by atoms with Crippen LogP contribution in [0.15, 0.2) is 58.9 Å². The first kappa shape index (κ1) is 33.4. The summed E-state index contributed by atoms with van der Waals surface area (Å²) in [7, 11) is 1.63. The summed E-state index contributed by atoms with van der Waals surface area (Å²) in [5, 5.41) is 35.1. The van der Waals surface area contributed by atoms with E-state index in [2.05, 4.69) is 34.3 Å². The topological polar surface area (TPSA) is 150 Å². The highest BCUT2D eigenvalue weighted by Crippen LogP contribution is 2.37. The van der Waals surface area contributed by atoms with Crippen LogP contribution in [0.1, 0.15) is 56.0 Å². The third-order valence-corrected chi connectivity index (χ3v) is 7.75. The number of pyridine rings is 1. The monoisotopic (exact) mass is 616 g/mol. The average molecular weight is 617 g/mol. The SMILES string of the molecule is CCCCOC(C)(C)O.COc1cccc(Nc2nc(CSc3nc(N)c(C#N)c(-c4ccc(C)cc4)c3C#N)cs2)c1. The minimum absolute atomic E-state index is 0.109. The van der Waals surface area contributed by atoms with Gasteiger partial charge in [-0.3, -0.25) is 0 Å². The number of aliphatic hydroxyl groups is 1. The van der Waals surface area contributed by atoms with Crippen LogP contribution >= 0.6 is 23.1 Å². The van der Waals surface area contributed by atoms with E-state index in [9.17, 15) is 10.5 Å². The fourth-order valence-corrected chi connectivity index (χ4v) is 5.50. The predicted octanol–water partition coefficient (Wildman–Crippen LogP) is 7.42. The van der Waals surface area contributed by atoms with Crippen LogP contribution in [-0.2, 0) is 10.5 Å². The number of thiazole rings is 1. The molecule has 0 bridgehead atoms. The third kappa shape index (κ3) is 9.98. The lowest BCUT2D eigenvalue weighted by Gasteiger charge is -2.17. The number of thioether (sulfide) groups is 1. The average Bonchev–Trinajstić information content (AvgIpc) is 3.43. The van der Waals surface area contributed by atoms with Crippen molar-refractivity contribution in [2.75, 3.05) is 24.8 Å². The van der Waals surface area contributed by atoms with Gasteiger partial charge in [-0.1, -0.05) is 61.0 Å². The Kier molecular flexibility index (Phi) is 12.4. The molecule has 0 fully saturated rings. The molecule has 0 aliphatic heterocycles. The Morgan fingerprint density at radius 2 is 1.81 bits per heavy atom. The van der Waals surface area contributed by atoms with Crippen molar-refractivity contribution < 1.29 is 14.6 Å². The number of nitrogens with one attached hydrogen (secondary N) is 1. The summed E-state index contributed by atoms with van der Waals surface area (Å²) in [6, 6.07) is 19.6. The third-order valence-electron chi connectivity index (χ3n) is 5.94. The molecular weight excluding hydrogens is 581 g/mol. The van der Waals surface area contributed by atoms with E-state index >= 15 is 0 Å². The fraction of sp³-hybridized carbons (Fsp3) is 0.312. The summed E-state index contributed by atoms with van der Waals surface area (Å²) in [6.45, 7) is 8.01. The van der Waals surface area contributed by atoms with Crippen molar-refractivity contribution in [2.24, 2.45) is 0 Å². The summed E-state index contributed by atoms with van der Waals surface area (Å²) >= 11 is 2.85. The van der Waals surface area contributed by atoms with Crippen LogP contribution in [0.5, 0.6) is 5.75 Å². The number of benzene rings is 2. The van der Waals surface area contributed by atoms with Gasteiger partial charge in [0.2, 0.25) is 0 Å². The second-order valence-corrected chi connectivity index (χ2v) is 11.8. The van der Waals surface area contributed by atoms with Crippen molar-refractivity contribution >= 4 is 39.7 Å². The number of nitriles is 2. The molecule has 0 spiro atoms. The zero-order valence-electron chi connectivity index (χ0n) is 25.0. The van der Waals surface area contributed by atoms with E-state index < -0.39 is 5.79 Å². The minimum atomic E-state index is -0.949. The first-order valence-electron chi connectivity index (χ1n) is 13.6. The molecule has 43 heavy (non-hydrogen) atoms. The van der Waals surface area contributed by atoms with Crippen LogP contribution in [0.25, 0.3) is 11.1 Å². The Balaban J connectivity index is 0.000000489. The maximum absolute atomic E-state index is 9.95. The molecule has 224 valence electrons. The van der Waals surface area contributed by atoms with E-state index in [1.807, 2.05) is 60.8 Å². The van der Waals surface area contributed by atoms with Crippen LogP contribution in [0.4, 0.5) is 16.6 Å². The number of anilines is 3. The quantitative estimate of drug-likeness (QED) is 0.0882. The molecule has 4 N–H and O–H groups in total. The highest BCUT2D eigenvalue weighted by Gasteiger charge is 2.21. The van der Waals surface area contributed by atoms with E-state index in [-0.39, 0.29) is 11.4 Å². The Hall–Kier alpha value is -4.13. The number of nitrogens with zero attached hydrogens (tertiary/aromatic N) is 4.